The molecule has 0 saturated carbocycles. The Kier molecular flexibility index (Phi) is 4.56. The summed E-state index contributed by atoms with van der Waals surface area (Å²) < 4.78 is 59.2. The maximum atomic E-state index is 14.0. The van der Waals surface area contributed by atoms with Crippen LogP contribution >= 0.6 is 0 Å². The van der Waals surface area contributed by atoms with Crippen LogP contribution in [0.25, 0.3) is 0 Å². The number of benzene rings is 2. The molecule has 0 bridgehead atoms. The highest BCUT2D eigenvalue weighted by Gasteiger charge is 2.37. The van der Waals surface area contributed by atoms with E-state index in [1.165, 1.54) is 11.4 Å². The number of rotatable bonds is 4. The minimum absolute atomic E-state index is 0.293. The predicted octanol–water partition coefficient (Wildman–Crippen LogP) is 3.50. The molecule has 24 heavy (non-hydrogen) atoms. The van der Waals surface area contributed by atoms with Gasteiger partial charge in [-0.1, -0.05) is 12.1 Å². The Morgan fingerprint density at radius 1 is 1.17 bits per heavy atom. The molecule has 1 saturated heterocycles. The third kappa shape index (κ3) is 3.01. The molecule has 0 aromatic heterocycles. The van der Waals surface area contributed by atoms with Crippen molar-refractivity contribution in [1.82, 2.24) is 4.31 Å². The molecule has 0 spiro atoms. The van der Waals surface area contributed by atoms with Crippen LogP contribution in [0, 0.1) is 11.6 Å². The van der Waals surface area contributed by atoms with E-state index in [2.05, 4.69) is 0 Å². The molecule has 2 aromatic rings. The first-order chi connectivity index (χ1) is 11.4. The van der Waals surface area contributed by atoms with Crippen molar-refractivity contribution >= 4 is 10.0 Å². The summed E-state index contributed by atoms with van der Waals surface area (Å²) >= 11 is 0. The van der Waals surface area contributed by atoms with Gasteiger partial charge in [0.2, 0.25) is 10.0 Å². The van der Waals surface area contributed by atoms with Crippen molar-refractivity contribution in [3.05, 3.63) is 59.7 Å². The molecule has 128 valence electrons. The molecule has 1 aliphatic heterocycles. The van der Waals surface area contributed by atoms with E-state index in [1.807, 2.05) is 6.07 Å². The van der Waals surface area contributed by atoms with Gasteiger partial charge in [-0.15, -0.1) is 0 Å². The standard InChI is InChI=1S/C17H17F2NO3S/c1-23-14-5-2-4-12(10-14)16-6-3-9-20(16)24(21,22)17-8-7-13(18)11-15(17)19/h2,4-5,7-8,10-11,16H,3,6,9H2,1H3. The summed E-state index contributed by atoms with van der Waals surface area (Å²) in [7, 11) is -2.51. The number of nitrogens with zero attached hydrogens (tertiary/aromatic N) is 1. The molecule has 3 rings (SSSR count). The van der Waals surface area contributed by atoms with Gasteiger partial charge >= 0.3 is 0 Å². The maximum Gasteiger partial charge on any atom is 0.246 e. The third-order valence-corrected chi connectivity index (χ3v) is 6.10. The Balaban J connectivity index is 2.00. The fourth-order valence-corrected chi connectivity index (χ4v) is 4.75. The van der Waals surface area contributed by atoms with Gasteiger partial charge in [0.05, 0.1) is 13.2 Å². The molecule has 4 nitrogen and oxygen atoms in total. The maximum absolute atomic E-state index is 14.0. The molecule has 0 amide bonds. The van der Waals surface area contributed by atoms with Crippen molar-refractivity contribution in [3.63, 3.8) is 0 Å². The first kappa shape index (κ1) is 16.9. The zero-order chi connectivity index (χ0) is 17.3. The molecule has 2 aromatic carbocycles. The normalized spacial score (nSPS) is 18.7. The fourth-order valence-electron chi connectivity index (χ4n) is 3.02. The van der Waals surface area contributed by atoms with Crippen LogP contribution in [0.5, 0.6) is 5.75 Å². The largest absolute Gasteiger partial charge is 0.497 e. The van der Waals surface area contributed by atoms with Gasteiger partial charge in [-0.3, -0.25) is 0 Å². The molecular weight excluding hydrogens is 336 g/mol. The van der Waals surface area contributed by atoms with Crippen LogP contribution in [-0.4, -0.2) is 26.4 Å². The fraction of sp³-hybridized carbons (Fsp3) is 0.294. The quantitative estimate of drug-likeness (QED) is 0.845. The number of sulfonamides is 1. The molecule has 1 aliphatic rings. The minimum atomic E-state index is -4.05. The average Bonchev–Trinajstić information content (AvgIpc) is 3.05. The minimum Gasteiger partial charge on any atom is -0.497 e. The Bertz CT molecular complexity index is 855. The van der Waals surface area contributed by atoms with Crippen LogP contribution in [-0.2, 0) is 10.0 Å². The van der Waals surface area contributed by atoms with E-state index in [1.54, 1.807) is 18.2 Å². The smallest absolute Gasteiger partial charge is 0.246 e. The van der Waals surface area contributed by atoms with E-state index < -0.39 is 32.6 Å². The van der Waals surface area contributed by atoms with Gasteiger partial charge < -0.3 is 4.74 Å². The molecule has 1 atom stereocenters. The summed E-state index contributed by atoms with van der Waals surface area (Å²) in [5.41, 5.74) is 0.790. The zero-order valence-electron chi connectivity index (χ0n) is 13.1. The van der Waals surface area contributed by atoms with Crippen LogP contribution in [0.3, 0.4) is 0 Å². The second kappa shape index (κ2) is 6.49. The molecule has 0 aliphatic carbocycles. The zero-order valence-corrected chi connectivity index (χ0v) is 13.9. The Hall–Kier alpha value is -1.99. The Morgan fingerprint density at radius 2 is 1.96 bits per heavy atom. The van der Waals surface area contributed by atoms with Crippen LogP contribution in [0.4, 0.5) is 8.78 Å². The second-order valence-corrected chi connectivity index (χ2v) is 7.48. The van der Waals surface area contributed by atoms with Crippen LogP contribution in [0.1, 0.15) is 24.4 Å². The van der Waals surface area contributed by atoms with Crippen LogP contribution < -0.4 is 4.74 Å². The lowest BCUT2D eigenvalue weighted by Crippen LogP contribution is -2.31. The van der Waals surface area contributed by atoms with Gasteiger partial charge in [-0.05, 0) is 42.7 Å². The SMILES string of the molecule is COc1cccc(C2CCCN2S(=O)(=O)c2ccc(F)cc2F)c1. The number of hydrogen-bond acceptors (Lipinski definition) is 3. The Labute approximate surface area is 139 Å². The number of methoxy groups -OCH3 is 1. The highest BCUT2D eigenvalue weighted by atomic mass is 32.2. The monoisotopic (exact) mass is 353 g/mol. The molecule has 1 unspecified atom stereocenters. The van der Waals surface area contributed by atoms with Crippen LogP contribution in [0.15, 0.2) is 47.4 Å². The molecule has 0 radical (unpaired) electrons. The lowest BCUT2D eigenvalue weighted by atomic mass is 10.1. The van der Waals surface area contributed by atoms with Crippen molar-refractivity contribution in [3.8, 4) is 5.75 Å². The van der Waals surface area contributed by atoms with Crippen molar-refractivity contribution in [2.24, 2.45) is 0 Å². The molecule has 1 fully saturated rings. The summed E-state index contributed by atoms with van der Waals surface area (Å²) in [5.74, 6) is -1.26. The van der Waals surface area contributed by atoms with E-state index in [0.29, 0.717) is 31.2 Å². The summed E-state index contributed by atoms with van der Waals surface area (Å²) in [4.78, 5) is -0.501. The predicted molar refractivity (Wildman–Crippen MR) is 85.2 cm³/mol. The van der Waals surface area contributed by atoms with Gasteiger partial charge in [0.1, 0.15) is 22.3 Å². The summed E-state index contributed by atoms with van der Waals surface area (Å²) in [6.07, 6.45) is 1.30. The molecular formula is C17H17F2NO3S. The second-order valence-electron chi connectivity index (χ2n) is 5.63. The topological polar surface area (TPSA) is 46.6 Å². The lowest BCUT2D eigenvalue weighted by Gasteiger charge is -2.25. The first-order valence-electron chi connectivity index (χ1n) is 7.54. The highest BCUT2D eigenvalue weighted by Crippen LogP contribution is 2.38. The van der Waals surface area contributed by atoms with Crippen molar-refractivity contribution in [2.45, 2.75) is 23.8 Å². The first-order valence-corrected chi connectivity index (χ1v) is 8.98. The van der Waals surface area contributed by atoms with Gasteiger partial charge in [-0.2, -0.15) is 4.31 Å². The summed E-state index contributed by atoms with van der Waals surface area (Å²) in [6.45, 7) is 0.293. The Morgan fingerprint density at radius 3 is 2.67 bits per heavy atom. The van der Waals surface area contributed by atoms with Crippen molar-refractivity contribution in [1.29, 1.82) is 0 Å². The van der Waals surface area contributed by atoms with Gasteiger partial charge in [0.25, 0.3) is 0 Å². The number of hydrogen-bond donors (Lipinski definition) is 0. The van der Waals surface area contributed by atoms with E-state index in [4.69, 9.17) is 4.74 Å². The van der Waals surface area contributed by atoms with Gasteiger partial charge in [-0.25, -0.2) is 17.2 Å². The van der Waals surface area contributed by atoms with E-state index in [-0.39, 0.29) is 0 Å². The average molecular weight is 353 g/mol. The van der Waals surface area contributed by atoms with Crippen molar-refractivity contribution < 1.29 is 21.9 Å². The van der Waals surface area contributed by atoms with Gasteiger partial charge in [0.15, 0.2) is 0 Å². The van der Waals surface area contributed by atoms with Crippen molar-refractivity contribution in [2.75, 3.05) is 13.7 Å². The lowest BCUT2D eigenvalue weighted by molar-refractivity contribution is 0.387. The summed E-state index contributed by atoms with van der Waals surface area (Å²) in [6, 6.07) is 9.28. The van der Waals surface area contributed by atoms with E-state index in [9.17, 15) is 17.2 Å². The van der Waals surface area contributed by atoms with Gasteiger partial charge in [0, 0.05) is 12.6 Å². The number of halogens is 2. The van der Waals surface area contributed by atoms with Crippen LogP contribution in [0.2, 0.25) is 0 Å². The third-order valence-electron chi connectivity index (χ3n) is 4.16. The highest BCUT2D eigenvalue weighted by molar-refractivity contribution is 7.89. The molecule has 0 N–H and O–H groups in total. The van der Waals surface area contributed by atoms with E-state index in [0.717, 1.165) is 17.7 Å². The van der Waals surface area contributed by atoms with E-state index >= 15 is 0 Å². The number of ether oxygens (including phenoxy) is 1. The summed E-state index contributed by atoms with van der Waals surface area (Å²) in [5, 5.41) is 0. The molecule has 1 heterocycles. The molecule has 7 heteroatoms.